The average Bonchev–Trinajstić information content (AvgIpc) is 3.59. The van der Waals surface area contributed by atoms with E-state index >= 15 is 0 Å². The van der Waals surface area contributed by atoms with Gasteiger partial charge in [0.15, 0.2) is 0 Å². The van der Waals surface area contributed by atoms with Gasteiger partial charge in [-0.25, -0.2) is 18.6 Å². The summed E-state index contributed by atoms with van der Waals surface area (Å²) in [5.41, 5.74) is 4.87. The van der Waals surface area contributed by atoms with E-state index in [4.69, 9.17) is 4.98 Å². The molecule has 0 saturated heterocycles. The highest BCUT2D eigenvalue weighted by Crippen LogP contribution is 2.40. The van der Waals surface area contributed by atoms with Crippen molar-refractivity contribution in [2.75, 3.05) is 0 Å². The van der Waals surface area contributed by atoms with Crippen LogP contribution in [0.25, 0.3) is 38.9 Å². The number of aromatic nitrogens is 6. The van der Waals surface area contributed by atoms with Crippen LogP contribution in [0.2, 0.25) is 0 Å². The fourth-order valence-electron chi connectivity index (χ4n) is 6.26. The number of aryl methyl sites for hydroxylation is 3. The van der Waals surface area contributed by atoms with Crippen LogP contribution in [-0.2, 0) is 31.4 Å². The maximum atomic E-state index is 14.5. The number of carbonyl (C=O) groups excluding carboxylic acids is 1. The molecule has 0 radical (unpaired) electrons. The highest BCUT2D eigenvalue weighted by molar-refractivity contribution is 5.89. The minimum Gasteiger partial charge on any atom is -0.300 e. The van der Waals surface area contributed by atoms with E-state index in [1.54, 1.807) is 53.4 Å². The van der Waals surface area contributed by atoms with Gasteiger partial charge < -0.3 is 0 Å². The molecule has 0 atom stereocenters. The van der Waals surface area contributed by atoms with Gasteiger partial charge in [0.2, 0.25) is 0 Å². The Morgan fingerprint density at radius 1 is 0.951 bits per heavy atom. The van der Waals surface area contributed by atoms with E-state index in [2.05, 4.69) is 11.2 Å². The average molecular weight is 561 g/mol. The fourth-order valence-corrected chi connectivity index (χ4v) is 6.26. The second-order valence-corrected chi connectivity index (χ2v) is 12.3. The summed E-state index contributed by atoms with van der Waals surface area (Å²) >= 11 is 0. The maximum absolute atomic E-state index is 14.5. The van der Waals surface area contributed by atoms with E-state index in [9.17, 15) is 18.4 Å². The first-order chi connectivity index (χ1) is 19.3. The molecule has 41 heavy (non-hydrogen) atoms. The molecule has 3 aromatic heterocycles. The van der Waals surface area contributed by atoms with Crippen LogP contribution in [-0.4, -0.2) is 34.2 Å². The van der Waals surface area contributed by atoms with Crippen LogP contribution >= 0.6 is 0 Å². The quantitative estimate of drug-likeness (QED) is 0.267. The topological polar surface area (TPSA) is 79.6 Å². The molecule has 0 unspecified atom stereocenters. The summed E-state index contributed by atoms with van der Waals surface area (Å²) in [5.74, 6) is 1.08. The monoisotopic (exact) mass is 560 g/mol. The minimum atomic E-state index is -2.70. The van der Waals surface area contributed by atoms with Crippen LogP contribution in [0.3, 0.4) is 0 Å². The van der Waals surface area contributed by atoms with Crippen LogP contribution in [0, 0.1) is 0 Å². The normalized spacial score (nSPS) is 15.2. The van der Waals surface area contributed by atoms with E-state index in [1.807, 2.05) is 31.4 Å². The molecular weight excluding hydrogens is 526 g/mol. The molecule has 214 valence electrons. The lowest BCUT2D eigenvalue weighted by Crippen LogP contribution is -2.19. The first-order valence-electron chi connectivity index (χ1n) is 13.9. The van der Waals surface area contributed by atoms with Gasteiger partial charge >= 0.3 is 5.69 Å². The number of carbonyl (C=O) groups is 1. The van der Waals surface area contributed by atoms with Crippen molar-refractivity contribution in [1.82, 2.24) is 28.5 Å². The zero-order chi connectivity index (χ0) is 29.4. The Kier molecular flexibility index (Phi) is 6.28. The smallest absolute Gasteiger partial charge is 0.300 e. The number of imidazole rings is 2. The van der Waals surface area contributed by atoms with Crippen molar-refractivity contribution in [2.24, 2.45) is 21.1 Å². The Hall–Kier alpha value is -4.08. The maximum Gasteiger partial charge on any atom is 0.328 e. The molecule has 0 bridgehead atoms. The second kappa shape index (κ2) is 9.49. The zero-order valence-electron chi connectivity index (χ0n) is 24.2. The number of Topliss-reactive ketones (excluding diaryl/α,β-unsaturated/α-hetero) is 1. The molecule has 1 aliphatic rings. The molecule has 0 amide bonds. The Balaban J connectivity index is 1.68. The summed E-state index contributed by atoms with van der Waals surface area (Å²) in [6, 6.07) is 7.28. The summed E-state index contributed by atoms with van der Waals surface area (Å²) in [5, 5.41) is 4.18. The zero-order valence-corrected chi connectivity index (χ0v) is 24.2. The van der Waals surface area contributed by atoms with Crippen LogP contribution in [0.4, 0.5) is 8.78 Å². The molecule has 1 fully saturated rings. The van der Waals surface area contributed by atoms with Crippen molar-refractivity contribution in [2.45, 2.75) is 64.2 Å². The first-order valence-corrected chi connectivity index (χ1v) is 13.9. The molecule has 5 aromatic rings. The Morgan fingerprint density at radius 3 is 2.27 bits per heavy atom. The van der Waals surface area contributed by atoms with Crippen molar-refractivity contribution in [3.8, 4) is 16.8 Å². The fraction of sp³-hybridized carbons (Fsp3) is 0.419. The highest BCUT2D eigenvalue weighted by atomic mass is 19.3. The number of fused-ring (bicyclic) bond motifs is 2. The van der Waals surface area contributed by atoms with E-state index in [1.165, 1.54) is 6.07 Å². The molecule has 10 heteroatoms. The van der Waals surface area contributed by atoms with E-state index in [0.717, 1.165) is 28.1 Å². The molecular formula is C31H34F2N6O2. The van der Waals surface area contributed by atoms with Gasteiger partial charge in [0.25, 0.3) is 6.43 Å². The SMILES string of the molecule is Cn1cc(-c2cc3nc(C(C)(C)C)n(-c4cc(C5CCC(=O)CC5)c5c(c4)n(C)c(=O)n5C)c3cc2C(F)F)cn1. The summed E-state index contributed by atoms with van der Waals surface area (Å²) in [4.78, 5) is 30.1. The molecule has 1 saturated carbocycles. The van der Waals surface area contributed by atoms with Gasteiger partial charge in [-0.15, -0.1) is 0 Å². The molecule has 0 aliphatic heterocycles. The molecule has 0 N–H and O–H groups in total. The number of hydrogen-bond donors (Lipinski definition) is 0. The van der Waals surface area contributed by atoms with Gasteiger partial charge in [0.05, 0.1) is 28.3 Å². The summed E-state index contributed by atoms with van der Waals surface area (Å²) in [6.45, 7) is 6.14. The first kappa shape index (κ1) is 27.1. The Morgan fingerprint density at radius 2 is 1.66 bits per heavy atom. The molecule has 2 aromatic carbocycles. The standard InChI is InChI=1S/C31H34F2N6O2/c1-31(2,3)29-35-24-13-21(18-15-34-36(4)16-18)23(28(32)33)14-25(24)39(29)19-11-22(17-7-9-20(40)10-8-17)27-26(12-19)37(5)30(41)38(27)6/h11-17,28H,7-10H2,1-6H3. The third-order valence-corrected chi connectivity index (χ3v) is 8.36. The van der Waals surface area contributed by atoms with Crippen molar-refractivity contribution < 1.29 is 13.6 Å². The third-order valence-electron chi connectivity index (χ3n) is 8.36. The molecule has 6 rings (SSSR count). The lowest BCUT2D eigenvalue weighted by Gasteiger charge is -2.25. The number of halogens is 2. The number of hydrogen-bond acceptors (Lipinski definition) is 4. The summed E-state index contributed by atoms with van der Waals surface area (Å²) < 4.78 is 35.9. The van der Waals surface area contributed by atoms with E-state index < -0.39 is 11.8 Å². The van der Waals surface area contributed by atoms with Crippen molar-refractivity contribution >= 4 is 27.9 Å². The van der Waals surface area contributed by atoms with Gasteiger partial charge in [0, 0.05) is 62.4 Å². The Labute approximate surface area is 236 Å². The largest absolute Gasteiger partial charge is 0.328 e. The Bertz CT molecular complexity index is 1890. The highest BCUT2D eigenvalue weighted by Gasteiger charge is 2.29. The van der Waals surface area contributed by atoms with Gasteiger partial charge in [-0.2, -0.15) is 5.10 Å². The summed E-state index contributed by atoms with van der Waals surface area (Å²) in [6.07, 6.45) is 3.03. The number of rotatable bonds is 4. The van der Waals surface area contributed by atoms with Gasteiger partial charge in [0.1, 0.15) is 11.6 Å². The summed E-state index contributed by atoms with van der Waals surface area (Å²) in [7, 11) is 5.27. The third kappa shape index (κ3) is 4.40. The molecule has 3 heterocycles. The number of alkyl halides is 2. The van der Waals surface area contributed by atoms with Crippen molar-refractivity contribution in [3.63, 3.8) is 0 Å². The lowest BCUT2D eigenvalue weighted by atomic mass is 9.82. The predicted molar refractivity (Wildman–Crippen MR) is 155 cm³/mol. The van der Waals surface area contributed by atoms with Crippen molar-refractivity contribution in [1.29, 1.82) is 0 Å². The van der Waals surface area contributed by atoms with Crippen molar-refractivity contribution in [3.05, 3.63) is 64.1 Å². The molecule has 0 spiro atoms. The van der Waals surface area contributed by atoms with E-state index in [-0.39, 0.29) is 23.0 Å². The lowest BCUT2D eigenvalue weighted by molar-refractivity contribution is -0.120. The number of nitrogens with zero attached hydrogens (tertiary/aromatic N) is 6. The second-order valence-electron chi connectivity index (χ2n) is 12.3. The van der Waals surface area contributed by atoms with Crippen LogP contribution in [0.1, 0.15) is 75.7 Å². The molecule has 8 nitrogen and oxygen atoms in total. The van der Waals surface area contributed by atoms with Crippen LogP contribution in [0.15, 0.2) is 41.5 Å². The van der Waals surface area contributed by atoms with E-state index in [0.29, 0.717) is 47.8 Å². The van der Waals surface area contributed by atoms with Crippen LogP contribution in [0.5, 0.6) is 0 Å². The number of benzene rings is 2. The van der Waals surface area contributed by atoms with Gasteiger partial charge in [-0.05, 0) is 54.2 Å². The minimum absolute atomic E-state index is 0.0914. The van der Waals surface area contributed by atoms with Gasteiger partial charge in [-0.3, -0.25) is 23.2 Å². The molecule has 1 aliphatic carbocycles. The van der Waals surface area contributed by atoms with Gasteiger partial charge in [-0.1, -0.05) is 20.8 Å². The predicted octanol–water partition coefficient (Wildman–Crippen LogP) is 6.08. The van der Waals surface area contributed by atoms with Crippen LogP contribution < -0.4 is 5.69 Å². The number of ketones is 1.